The van der Waals surface area contributed by atoms with Gasteiger partial charge in [-0.2, -0.15) is 13.2 Å². The molecular formula is C28H26F3N3O2. The van der Waals surface area contributed by atoms with Crippen LogP contribution in [0.2, 0.25) is 0 Å². The highest BCUT2D eigenvalue weighted by atomic mass is 19.4. The van der Waals surface area contributed by atoms with Gasteiger partial charge in [0.25, 0.3) is 5.91 Å². The lowest BCUT2D eigenvalue weighted by Gasteiger charge is -2.14. The molecule has 2 N–H and O–H groups in total. The van der Waals surface area contributed by atoms with Gasteiger partial charge in [0.1, 0.15) is 11.4 Å². The molecular weight excluding hydrogens is 467 g/mol. The maximum absolute atomic E-state index is 13.8. The van der Waals surface area contributed by atoms with Crippen LogP contribution >= 0.6 is 0 Å². The Bertz CT molecular complexity index is 1380. The van der Waals surface area contributed by atoms with E-state index in [-0.39, 0.29) is 23.0 Å². The first-order valence-electron chi connectivity index (χ1n) is 11.5. The number of halogens is 3. The number of carbonyl (C=O) groups excluding carboxylic acids is 1. The largest absolute Gasteiger partial charge is 0.417 e. The fourth-order valence-corrected chi connectivity index (χ4v) is 3.90. The van der Waals surface area contributed by atoms with Gasteiger partial charge in [0.05, 0.1) is 11.3 Å². The molecule has 0 aliphatic carbocycles. The molecule has 1 heterocycles. The van der Waals surface area contributed by atoms with Crippen LogP contribution in [0.3, 0.4) is 0 Å². The average Bonchev–Trinajstić information content (AvgIpc) is 3.30. The molecule has 1 aromatic heterocycles. The highest BCUT2D eigenvalue weighted by Crippen LogP contribution is 2.38. The van der Waals surface area contributed by atoms with Crippen LogP contribution in [-0.2, 0) is 11.8 Å². The van der Waals surface area contributed by atoms with E-state index < -0.39 is 17.3 Å². The van der Waals surface area contributed by atoms with Crippen molar-refractivity contribution in [2.24, 2.45) is 0 Å². The third-order valence-electron chi connectivity index (χ3n) is 5.75. The Morgan fingerprint density at radius 2 is 1.67 bits per heavy atom. The van der Waals surface area contributed by atoms with Gasteiger partial charge in [-0.05, 0) is 62.2 Å². The van der Waals surface area contributed by atoms with E-state index in [4.69, 9.17) is 0 Å². The number of aliphatic hydroxyl groups is 1. The SMILES string of the molecule is CCNC(=O)c1cccc(-c2ccc(-n3cc(C(C)(C)O)nc3-c3ccccc3C(F)(F)F)cc2)c1. The summed E-state index contributed by atoms with van der Waals surface area (Å²) in [5, 5.41) is 13.3. The summed E-state index contributed by atoms with van der Waals surface area (Å²) in [4.78, 5) is 16.6. The van der Waals surface area contributed by atoms with E-state index in [0.717, 1.165) is 17.2 Å². The molecule has 0 atom stereocenters. The minimum atomic E-state index is -4.57. The molecule has 0 radical (unpaired) electrons. The fourth-order valence-electron chi connectivity index (χ4n) is 3.90. The third-order valence-corrected chi connectivity index (χ3v) is 5.75. The molecule has 36 heavy (non-hydrogen) atoms. The second-order valence-electron chi connectivity index (χ2n) is 8.91. The van der Waals surface area contributed by atoms with Crippen LogP contribution in [0.5, 0.6) is 0 Å². The number of amides is 1. The number of rotatable bonds is 6. The molecule has 3 aromatic carbocycles. The van der Waals surface area contributed by atoms with Crippen molar-refractivity contribution in [3.63, 3.8) is 0 Å². The summed E-state index contributed by atoms with van der Waals surface area (Å²) in [7, 11) is 0. The smallest absolute Gasteiger partial charge is 0.384 e. The Balaban J connectivity index is 1.79. The van der Waals surface area contributed by atoms with Crippen molar-refractivity contribution in [3.05, 3.63) is 95.8 Å². The molecule has 4 rings (SSSR count). The Morgan fingerprint density at radius 1 is 0.972 bits per heavy atom. The van der Waals surface area contributed by atoms with Gasteiger partial charge in [-0.1, -0.05) is 42.5 Å². The molecule has 0 spiro atoms. The van der Waals surface area contributed by atoms with Crippen molar-refractivity contribution in [1.29, 1.82) is 0 Å². The third kappa shape index (κ3) is 5.18. The van der Waals surface area contributed by atoms with Crippen LogP contribution in [0.15, 0.2) is 79.0 Å². The summed E-state index contributed by atoms with van der Waals surface area (Å²) in [5.74, 6) is -0.0902. The van der Waals surface area contributed by atoms with E-state index in [1.807, 2.05) is 25.1 Å². The van der Waals surface area contributed by atoms with Gasteiger partial charge in [0.2, 0.25) is 0 Å². The van der Waals surface area contributed by atoms with Crippen molar-refractivity contribution >= 4 is 5.91 Å². The van der Waals surface area contributed by atoms with Crippen molar-refractivity contribution in [1.82, 2.24) is 14.9 Å². The van der Waals surface area contributed by atoms with E-state index >= 15 is 0 Å². The zero-order chi connectivity index (χ0) is 26.1. The van der Waals surface area contributed by atoms with Crippen LogP contribution < -0.4 is 5.32 Å². The average molecular weight is 494 g/mol. The van der Waals surface area contributed by atoms with Gasteiger partial charge in [-0.25, -0.2) is 4.98 Å². The van der Waals surface area contributed by atoms with Crippen LogP contribution in [-0.4, -0.2) is 27.1 Å². The molecule has 0 saturated heterocycles. The van der Waals surface area contributed by atoms with E-state index in [1.54, 1.807) is 41.1 Å². The van der Waals surface area contributed by atoms with Crippen LogP contribution in [0.1, 0.15) is 42.4 Å². The number of aromatic nitrogens is 2. The maximum Gasteiger partial charge on any atom is 0.417 e. The first-order chi connectivity index (χ1) is 17.0. The minimum Gasteiger partial charge on any atom is -0.384 e. The highest BCUT2D eigenvalue weighted by molar-refractivity contribution is 5.95. The molecule has 186 valence electrons. The predicted octanol–water partition coefficient (Wildman–Crippen LogP) is 6.20. The number of hydrogen-bond acceptors (Lipinski definition) is 3. The van der Waals surface area contributed by atoms with Crippen molar-refractivity contribution in [2.75, 3.05) is 6.54 Å². The van der Waals surface area contributed by atoms with Crippen molar-refractivity contribution < 1.29 is 23.1 Å². The number of imidazole rings is 1. The second kappa shape index (κ2) is 9.62. The topological polar surface area (TPSA) is 67.2 Å². The zero-order valence-corrected chi connectivity index (χ0v) is 20.1. The second-order valence-corrected chi connectivity index (χ2v) is 8.91. The number of carbonyl (C=O) groups is 1. The van der Waals surface area contributed by atoms with Crippen LogP contribution in [0.4, 0.5) is 13.2 Å². The van der Waals surface area contributed by atoms with Crippen LogP contribution in [0, 0.1) is 0 Å². The quantitative estimate of drug-likeness (QED) is 0.336. The lowest BCUT2D eigenvalue weighted by Crippen LogP contribution is -2.22. The summed E-state index contributed by atoms with van der Waals surface area (Å²) >= 11 is 0. The molecule has 0 aliphatic heterocycles. The first kappa shape index (κ1) is 25.2. The predicted molar refractivity (Wildman–Crippen MR) is 133 cm³/mol. The van der Waals surface area contributed by atoms with Gasteiger partial charge in [0.15, 0.2) is 0 Å². The Kier molecular flexibility index (Phi) is 6.73. The summed E-state index contributed by atoms with van der Waals surface area (Å²) < 4.78 is 42.9. The number of nitrogens with one attached hydrogen (secondary N) is 1. The maximum atomic E-state index is 13.8. The van der Waals surface area contributed by atoms with Gasteiger partial charge in [-0.3, -0.25) is 9.36 Å². The number of hydrogen-bond donors (Lipinski definition) is 2. The van der Waals surface area contributed by atoms with Gasteiger partial charge in [-0.15, -0.1) is 0 Å². The number of benzene rings is 3. The van der Waals surface area contributed by atoms with Gasteiger partial charge < -0.3 is 10.4 Å². The lowest BCUT2D eigenvalue weighted by atomic mass is 10.0. The summed E-state index contributed by atoms with van der Waals surface area (Å²) in [6.45, 7) is 5.43. The van der Waals surface area contributed by atoms with E-state index in [2.05, 4.69) is 10.3 Å². The molecule has 0 unspecified atom stereocenters. The fraction of sp³-hybridized carbons (Fsp3) is 0.214. The monoisotopic (exact) mass is 493 g/mol. The number of alkyl halides is 3. The molecule has 0 saturated carbocycles. The Labute approximate surface area is 207 Å². The summed E-state index contributed by atoms with van der Waals surface area (Å²) in [6, 6.07) is 19.6. The van der Waals surface area contributed by atoms with Crippen LogP contribution in [0.25, 0.3) is 28.2 Å². The molecule has 1 amide bonds. The summed E-state index contributed by atoms with van der Waals surface area (Å²) in [5.41, 5.74) is 0.778. The molecule has 0 bridgehead atoms. The van der Waals surface area contributed by atoms with Crippen molar-refractivity contribution in [2.45, 2.75) is 32.5 Å². The molecule has 5 nitrogen and oxygen atoms in total. The molecule has 8 heteroatoms. The normalized spacial score (nSPS) is 12.0. The van der Waals surface area contributed by atoms with Crippen molar-refractivity contribution in [3.8, 4) is 28.2 Å². The lowest BCUT2D eigenvalue weighted by molar-refractivity contribution is -0.137. The first-order valence-corrected chi connectivity index (χ1v) is 11.5. The minimum absolute atomic E-state index is 0.0750. The Hall–Kier alpha value is -3.91. The van der Waals surface area contributed by atoms with E-state index in [9.17, 15) is 23.1 Å². The standard InChI is InChI=1S/C28H26F3N3O2/c1-4-32-26(35)20-9-7-8-19(16-20)18-12-14-21(15-13-18)34-17-24(27(2,3)36)33-25(34)22-10-5-6-11-23(22)28(29,30)31/h5-17,36H,4H2,1-3H3,(H,32,35). The Morgan fingerprint density at radius 3 is 2.31 bits per heavy atom. The number of nitrogens with zero attached hydrogens (tertiary/aromatic N) is 2. The van der Waals surface area contributed by atoms with Gasteiger partial charge >= 0.3 is 6.18 Å². The zero-order valence-electron chi connectivity index (χ0n) is 20.1. The molecule has 0 fully saturated rings. The molecule has 4 aromatic rings. The van der Waals surface area contributed by atoms with Gasteiger partial charge in [0, 0.05) is 29.6 Å². The highest BCUT2D eigenvalue weighted by Gasteiger charge is 2.35. The summed E-state index contributed by atoms with van der Waals surface area (Å²) in [6.07, 6.45) is -3.02. The van der Waals surface area contributed by atoms with E-state index in [0.29, 0.717) is 17.8 Å². The van der Waals surface area contributed by atoms with E-state index in [1.165, 1.54) is 32.0 Å². The molecule has 0 aliphatic rings.